The molecule has 0 saturated carbocycles. The molecule has 0 spiro atoms. The Morgan fingerprint density at radius 2 is 2.13 bits per heavy atom. The van der Waals surface area contributed by atoms with E-state index in [-0.39, 0.29) is 0 Å². The summed E-state index contributed by atoms with van der Waals surface area (Å²) in [6.45, 7) is 5.41. The molecule has 0 saturated heterocycles. The number of aryl methyl sites for hydroxylation is 2. The van der Waals surface area contributed by atoms with Gasteiger partial charge in [0.05, 0.1) is 11.4 Å². The Labute approximate surface area is 86.2 Å². The van der Waals surface area contributed by atoms with Crippen LogP contribution in [-0.4, -0.2) is 30.7 Å². The van der Waals surface area contributed by atoms with E-state index in [1.807, 2.05) is 19.9 Å². The minimum absolute atomic E-state index is 0.426. The zero-order valence-corrected chi connectivity index (χ0v) is 8.76. The van der Waals surface area contributed by atoms with Gasteiger partial charge in [-0.3, -0.25) is 0 Å². The fourth-order valence-corrected chi connectivity index (χ4v) is 1.46. The topological polar surface area (TPSA) is 75.7 Å². The average molecular weight is 205 g/mol. The van der Waals surface area contributed by atoms with Crippen molar-refractivity contribution in [2.24, 2.45) is 5.16 Å². The molecule has 0 atom stereocenters. The van der Waals surface area contributed by atoms with Crippen molar-refractivity contribution in [3.63, 3.8) is 0 Å². The van der Waals surface area contributed by atoms with Crippen LogP contribution in [0.3, 0.4) is 0 Å². The lowest BCUT2D eigenvalue weighted by Crippen LogP contribution is -2.09. The molecule has 0 aliphatic carbocycles. The molecule has 0 bridgehead atoms. The van der Waals surface area contributed by atoms with Gasteiger partial charge < -0.3 is 5.21 Å². The highest BCUT2D eigenvalue weighted by atomic mass is 16.4. The van der Waals surface area contributed by atoms with Crippen LogP contribution in [-0.2, 0) is 0 Å². The van der Waals surface area contributed by atoms with Gasteiger partial charge in [0.1, 0.15) is 11.4 Å². The minimum atomic E-state index is 0.426. The molecule has 2 aromatic rings. The lowest BCUT2D eigenvalue weighted by molar-refractivity contribution is 0.319. The number of oxime groups is 1. The molecule has 0 radical (unpaired) electrons. The molecule has 0 unspecified atom stereocenters. The lowest BCUT2D eigenvalue weighted by Gasteiger charge is -2.03. The number of hydrogen-bond donors (Lipinski definition) is 1. The predicted molar refractivity (Wildman–Crippen MR) is 54.3 cm³/mol. The van der Waals surface area contributed by atoms with Crippen molar-refractivity contribution in [1.82, 2.24) is 19.8 Å². The second kappa shape index (κ2) is 3.30. The Hall–Kier alpha value is -1.98. The Balaban J connectivity index is 2.75. The number of nitrogens with zero attached hydrogens (tertiary/aromatic N) is 5. The van der Waals surface area contributed by atoms with Crippen LogP contribution in [0, 0.1) is 13.8 Å². The summed E-state index contributed by atoms with van der Waals surface area (Å²) < 4.78 is 1.69. The van der Waals surface area contributed by atoms with Crippen LogP contribution >= 0.6 is 0 Å². The largest absolute Gasteiger partial charge is 0.411 e. The van der Waals surface area contributed by atoms with Gasteiger partial charge >= 0.3 is 0 Å². The summed E-state index contributed by atoms with van der Waals surface area (Å²) in [5.74, 6) is 0. The highest BCUT2D eigenvalue weighted by Gasteiger charge is 2.10. The Morgan fingerprint density at radius 3 is 2.80 bits per heavy atom. The lowest BCUT2D eigenvalue weighted by atomic mass is 10.2. The van der Waals surface area contributed by atoms with Crippen LogP contribution in [0.1, 0.15) is 24.0 Å². The van der Waals surface area contributed by atoms with E-state index in [1.54, 1.807) is 11.4 Å². The van der Waals surface area contributed by atoms with E-state index in [2.05, 4.69) is 20.5 Å². The van der Waals surface area contributed by atoms with E-state index in [1.165, 1.54) is 0 Å². The first-order valence-electron chi connectivity index (χ1n) is 4.52. The van der Waals surface area contributed by atoms with Crippen molar-refractivity contribution in [1.29, 1.82) is 0 Å². The van der Waals surface area contributed by atoms with Gasteiger partial charge in [0.2, 0.25) is 0 Å². The van der Waals surface area contributed by atoms with Gasteiger partial charge in [-0.2, -0.15) is 5.10 Å². The molecule has 0 aliphatic heterocycles. The summed E-state index contributed by atoms with van der Waals surface area (Å²) in [5, 5.41) is 24.0. The third-order valence-electron chi connectivity index (χ3n) is 2.22. The highest BCUT2D eigenvalue weighted by molar-refractivity contribution is 5.97. The van der Waals surface area contributed by atoms with E-state index in [0.717, 1.165) is 11.4 Å². The number of hydrogen-bond acceptors (Lipinski definition) is 5. The summed E-state index contributed by atoms with van der Waals surface area (Å²) in [6.07, 6.45) is 0. The van der Waals surface area contributed by atoms with E-state index < -0.39 is 0 Å². The summed E-state index contributed by atoms with van der Waals surface area (Å²) in [5.41, 5.74) is 3.36. The molecule has 6 heteroatoms. The van der Waals surface area contributed by atoms with Crippen molar-refractivity contribution in [2.45, 2.75) is 20.8 Å². The zero-order valence-electron chi connectivity index (χ0n) is 8.76. The van der Waals surface area contributed by atoms with Gasteiger partial charge in [-0.05, 0) is 20.8 Å². The molecule has 2 heterocycles. The number of rotatable bonds is 1. The molecule has 2 rings (SSSR count). The maximum absolute atomic E-state index is 8.68. The monoisotopic (exact) mass is 205 g/mol. The molecule has 0 aliphatic rings. The van der Waals surface area contributed by atoms with Crippen LogP contribution in [0.5, 0.6) is 0 Å². The SMILES string of the molecule is C/C(=N\O)c1nnc2cc(C)nn2c1C. The zero-order chi connectivity index (χ0) is 11.0. The maximum atomic E-state index is 8.68. The number of aromatic nitrogens is 4. The van der Waals surface area contributed by atoms with Crippen molar-refractivity contribution >= 4 is 11.4 Å². The predicted octanol–water partition coefficient (Wildman–Crippen LogP) is 0.939. The molecule has 0 aromatic carbocycles. The van der Waals surface area contributed by atoms with Crippen LogP contribution in [0.25, 0.3) is 5.65 Å². The van der Waals surface area contributed by atoms with Crippen LogP contribution in [0.2, 0.25) is 0 Å². The van der Waals surface area contributed by atoms with Crippen LogP contribution in [0.15, 0.2) is 11.2 Å². The van der Waals surface area contributed by atoms with Gasteiger partial charge in [0.15, 0.2) is 5.65 Å². The van der Waals surface area contributed by atoms with Gasteiger partial charge in [0, 0.05) is 6.07 Å². The van der Waals surface area contributed by atoms with E-state index >= 15 is 0 Å². The van der Waals surface area contributed by atoms with E-state index in [4.69, 9.17) is 5.21 Å². The van der Waals surface area contributed by atoms with Gasteiger partial charge in [0.25, 0.3) is 0 Å². The van der Waals surface area contributed by atoms with Gasteiger partial charge in [-0.15, -0.1) is 10.2 Å². The second-order valence-corrected chi connectivity index (χ2v) is 3.38. The fraction of sp³-hybridized carbons (Fsp3) is 0.333. The second-order valence-electron chi connectivity index (χ2n) is 3.38. The maximum Gasteiger partial charge on any atom is 0.177 e. The van der Waals surface area contributed by atoms with Crippen molar-refractivity contribution in [3.8, 4) is 0 Å². The standard InChI is InChI=1S/C9H11N5O/c1-5-4-8-10-11-9(6(2)13-15)7(3)14(8)12-5/h4,15H,1-3H3/b13-6+. The molecule has 1 N–H and O–H groups in total. The summed E-state index contributed by atoms with van der Waals surface area (Å²) in [4.78, 5) is 0. The first-order chi connectivity index (χ1) is 7.13. The van der Waals surface area contributed by atoms with Crippen molar-refractivity contribution in [3.05, 3.63) is 23.1 Å². The first-order valence-corrected chi connectivity index (χ1v) is 4.52. The highest BCUT2D eigenvalue weighted by Crippen LogP contribution is 2.09. The van der Waals surface area contributed by atoms with Crippen molar-refractivity contribution in [2.75, 3.05) is 0 Å². The van der Waals surface area contributed by atoms with Crippen LogP contribution < -0.4 is 0 Å². The third kappa shape index (κ3) is 1.43. The Kier molecular flexibility index (Phi) is 2.11. The molecule has 78 valence electrons. The van der Waals surface area contributed by atoms with E-state index in [9.17, 15) is 0 Å². The Morgan fingerprint density at radius 1 is 1.40 bits per heavy atom. The van der Waals surface area contributed by atoms with Crippen molar-refractivity contribution < 1.29 is 5.21 Å². The molecular weight excluding hydrogens is 194 g/mol. The minimum Gasteiger partial charge on any atom is -0.411 e. The summed E-state index contributed by atoms with van der Waals surface area (Å²) in [7, 11) is 0. The van der Waals surface area contributed by atoms with E-state index in [0.29, 0.717) is 17.1 Å². The first kappa shape index (κ1) is 9.57. The molecule has 15 heavy (non-hydrogen) atoms. The van der Waals surface area contributed by atoms with Gasteiger partial charge in [-0.25, -0.2) is 4.52 Å². The molecule has 0 amide bonds. The Bertz CT molecular complexity index is 543. The number of fused-ring (bicyclic) bond motifs is 1. The quantitative estimate of drug-likeness (QED) is 0.427. The molecule has 6 nitrogen and oxygen atoms in total. The normalized spacial score (nSPS) is 12.3. The summed E-state index contributed by atoms with van der Waals surface area (Å²) >= 11 is 0. The molecular formula is C9H11N5O. The van der Waals surface area contributed by atoms with Gasteiger partial charge in [-0.1, -0.05) is 5.16 Å². The smallest absolute Gasteiger partial charge is 0.177 e. The average Bonchev–Trinajstić information content (AvgIpc) is 2.59. The summed E-state index contributed by atoms with van der Waals surface area (Å²) in [6, 6.07) is 1.84. The van der Waals surface area contributed by atoms with Crippen LogP contribution in [0.4, 0.5) is 0 Å². The fourth-order valence-electron chi connectivity index (χ4n) is 1.46. The molecule has 2 aromatic heterocycles. The molecule has 0 fully saturated rings. The third-order valence-corrected chi connectivity index (χ3v) is 2.22.